The van der Waals surface area contributed by atoms with Crippen molar-refractivity contribution in [2.24, 2.45) is 5.73 Å². The first-order valence-corrected chi connectivity index (χ1v) is 24.8. The molecule has 490 valence electrons. The number of aliphatic carboxylic acids is 7. The van der Waals surface area contributed by atoms with E-state index in [4.69, 9.17) is 65.2 Å². The Hall–Kier alpha value is -10.2. The van der Waals surface area contributed by atoms with Crippen LogP contribution in [0.5, 0.6) is 0 Å². The van der Waals surface area contributed by atoms with E-state index in [9.17, 15) is 76.7 Å². The van der Waals surface area contributed by atoms with Crippen LogP contribution in [0, 0.1) is 0 Å². The third kappa shape index (κ3) is 51.2. The fourth-order valence-corrected chi connectivity index (χ4v) is 4.66. The van der Waals surface area contributed by atoms with Crippen LogP contribution in [0.4, 0.5) is 19.2 Å². The van der Waals surface area contributed by atoms with Crippen LogP contribution in [0.15, 0.2) is 36.5 Å². The number of nitrogens with one attached hydrogen (secondary N) is 6. The number of carboxylic acid groups (broad SMARTS) is 7. The predicted molar refractivity (Wildman–Crippen MR) is 291 cm³/mol. The molecule has 37 nitrogen and oxygen atoms in total. The summed E-state index contributed by atoms with van der Waals surface area (Å²) in [7, 11) is 0. The first-order valence-electron chi connectivity index (χ1n) is 24.8. The van der Waals surface area contributed by atoms with Crippen molar-refractivity contribution in [3.05, 3.63) is 36.5 Å². The third-order valence-electron chi connectivity index (χ3n) is 7.90. The molecule has 37 heteroatoms. The van der Waals surface area contributed by atoms with Crippen LogP contribution in [0.3, 0.4) is 0 Å². The second-order valence-corrected chi connectivity index (χ2v) is 20.7. The quantitative estimate of drug-likeness (QED) is 0.0247. The average Bonchev–Trinajstić information content (AvgIpc) is 3.33. The Morgan fingerprint density at radius 2 is 0.759 bits per heavy atom. The molecule has 2 aliphatic heterocycles. The number of esters is 2. The molecular formula is C50H76N8O29. The van der Waals surface area contributed by atoms with E-state index in [1.165, 1.54) is 0 Å². The Bertz CT molecular complexity index is 2450. The normalized spacial score (nSPS) is 13.8. The number of carbonyl (C=O) groups excluding carboxylic acids is 10. The van der Waals surface area contributed by atoms with E-state index < -0.39 is 168 Å². The molecule has 1 fully saturated rings. The van der Waals surface area contributed by atoms with Gasteiger partial charge in [0, 0.05) is 49.9 Å². The molecule has 1 saturated heterocycles. The van der Waals surface area contributed by atoms with Crippen LogP contribution in [0.1, 0.15) is 103 Å². The van der Waals surface area contributed by atoms with Crippen molar-refractivity contribution in [3.8, 4) is 0 Å². The maximum absolute atomic E-state index is 11.4. The fourth-order valence-electron chi connectivity index (χ4n) is 4.66. The number of carbonyl (C=O) groups is 17. The Labute approximate surface area is 496 Å². The van der Waals surface area contributed by atoms with E-state index in [0.29, 0.717) is 29.2 Å². The van der Waals surface area contributed by atoms with Gasteiger partial charge in [-0.05, 0) is 83.1 Å². The molecule has 0 aromatic rings. The van der Waals surface area contributed by atoms with Gasteiger partial charge in [-0.25, -0.2) is 43.2 Å². The maximum atomic E-state index is 11.4. The van der Waals surface area contributed by atoms with Crippen molar-refractivity contribution in [1.82, 2.24) is 36.8 Å². The highest BCUT2D eigenvalue weighted by molar-refractivity contribution is 6.14. The third-order valence-corrected chi connectivity index (χ3v) is 7.90. The van der Waals surface area contributed by atoms with Crippen molar-refractivity contribution in [2.75, 3.05) is 26.2 Å². The summed E-state index contributed by atoms with van der Waals surface area (Å²) in [5, 5.41) is 72.3. The average molecular weight is 1250 g/mol. The van der Waals surface area contributed by atoms with Crippen molar-refractivity contribution >= 4 is 102 Å². The van der Waals surface area contributed by atoms with Gasteiger partial charge in [0.2, 0.25) is 11.8 Å². The zero-order valence-electron chi connectivity index (χ0n) is 49.7. The molecule has 2 aliphatic rings. The van der Waals surface area contributed by atoms with Crippen LogP contribution in [-0.2, 0) is 86.0 Å². The molecule has 0 radical (unpaired) electrons. The highest BCUT2D eigenvalue weighted by Gasteiger charge is 2.36. The molecule has 0 aromatic heterocycles. The van der Waals surface area contributed by atoms with Gasteiger partial charge in [0.05, 0.1) is 32.5 Å². The van der Waals surface area contributed by atoms with Crippen molar-refractivity contribution in [2.45, 2.75) is 149 Å². The molecule has 0 bridgehead atoms. The number of nitrogens with two attached hydrogens (primary N) is 1. The van der Waals surface area contributed by atoms with Crippen LogP contribution < -0.4 is 37.6 Å². The lowest BCUT2D eigenvalue weighted by Crippen LogP contribution is -2.51. The fraction of sp³-hybridized carbons (Fsp3) is 0.540. The molecule has 4 atom stereocenters. The van der Waals surface area contributed by atoms with Gasteiger partial charge in [0.25, 0.3) is 17.8 Å². The molecular weight excluding hydrogens is 1180 g/mol. The van der Waals surface area contributed by atoms with Gasteiger partial charge in [-0.3, -0.25) is 43.3 Å². The number of nitrogens with zero attached hydrogens (tertiary/aromatic N) is 1. The van der Waals surface area contributed by atoms with E-state index >= 15 is 0 Å². The van der Waals surface area contributed by atoms with Crippen molar-refractivity contribution < 1.29 is 141 Å². The van der Waals surface area contributed by atoms with Gasteiger partial charge in [0.15, 0.2) is 6.04 Å². The Morgan fingerprint density at radius 3 is 0.977 bits per heavy atom. The lowest BCUT2D eigenvalue weighted by atomic mass is 10.2. The monoisotopic (exact) mass is 1250 g/mol. The van der Waals surface area contributed by atoms with Gasteiger partial charge < -0.3 is 97.1 Å². The summed E-state index contributed by atoms with van der Waals surface area (Å²) >= 11 is 0. The second kappa shape index (κ2) is 40.1. The Morgan fingerprint density at radius 1 is 0.483 bits per heavy atom. The van der Waals surface area contributed by atoms with E-state index in [-0.39, 0.29) is 19.4 Å². The summed E-state index contributed by atoms with van der Waals surface area (Å²) in [6.07, 6.45) is 1.80. The van der Waals surface area contributed by atoms with Crippen LogP contribution >= 0.6 is 0 Å². The van der Waals surface area contributed by atoms with E-state index in [2.05, 4.69) is 26.0 Å². The summed E-state index contributed by atoms with van der Waals surface area (Å²) in [6.45, 7) is 19.6. The van der Waals surface area contributed by atoms with Gasteiger partial charge in [0.1, 0.15) is 40.5 Å². The first kappa shape index (κ1) is 83.2. The molecule has 8 amide bonds. The van der Waals surface area contributed by atoms with Gasteiger partial charge in [-0.15, -0.1) is 0 Å². The highest BCUT2D eigenvalue weighted by atomic mass is 16.6. The van der Waals surface area contributed by atoms with Gasteiger partial charge in [-0.2, -0.15) is 0 Å². The van der Waals surface area contributed by atoms with E-state index in [1.54, 1.807) is 83.1 Å². The smallest absolute Gasteiger partial charge is 0.407 e. The second-order valence-electron chi connectivity index (χ2n) is 20.7. The number of cyclic esters (lactones) is 2. The number of imide groups is 1. The summed E-state index contributed by atoms with van der Waals surface area (Å²) in [5.41, 5.74) is 2.35. The number of amides is 8. The lowest BCUT2D eigenvalue weighted by molar-refractivity contribution is -0.153. The maximum Gasteiger partial charge on any atom is 0.407 e. The number of rotatable bonds is 19. The lowest BCUT2D eigenvalue weighted by Gasteiger charge is -2.24. The molecule has 2 rings (SSSR count). The Kier molecular flexibility index (Phi) is 38.4. The first-order chi connectivity index (χ1) is 39.4. The number of ether oxygens (including phenoxy) is 5. The van der Waals surface area contributed by atoms with Gasteiger partial charge in [-0.1, -0.05) is 0 Å². The number of hydrogen-bond donors (Lipinski definition) is 14. The summed E-state index contributed by atoms with van der Waals surface area (Å²) in [6, 6.07) is -5.41. The van der Waals surface area contributed by atoms with Gasteiger partial charge >= 0.3 is 72.1 Å². The molecule has 0 aromatic carbocycles. The number of hydrogen-bond acceptors (Lipinski definition) is 23. The standard InChI is InChI=1S/2C12H18N2O7.C12H16N2O6.C8H16N2O4.C4H4O3.C2H4O2/c2*1-12(2,3)21-11(20)13-6-7(10(18)19)14-8(15)4-5-9(16)17;1-12(2,3)20-11(19)13-6-7(10(17)18)14-8(15)4-5-9(14)16;1-8(2,3)14-7(13)10-4-5(9)6(11)12;5-3-1-2-4(6)7-3;1-2(3)4/h2*4-5,7H,6H2,1-3H3,(H,13,20)(H,14,15)(H,16,17)(H,18,19);4-5,7H,6H2,1-3H3,(H,13,19)(H,17,18);5H,4,9H2,1-3H3,(H,10,13)(H,11,12);1-2H2;1H3,(H,3,4)/b2*5-4-;;;;/t3*7-;5-;;/m0000../s1. The van der Waals surface area contributed by atoms with Crippen molar-refractivity contribution in [3.63, 3.8) is 0 Å². The van der Waals surface area contributed by atoms with Crippen LogP contribution in [0.2, 0.25) is 0 Å². The Balaban J connectivity index is -0.000000501. The van der Waals surface area contributed by atoms with Crippen LogP contribution in [-0.4, -0.2) is 215 Å². The summed E-state index contributed by atoms with van der Waals surface area (Å²) < 4.78 is 23.7. The summed E-state index contributed by atoms with van der Waals surface area (Å²) in [4.78, 5) is 184. The molecule has 0 unspecified atom stereocenters. The zero-order valence-corrected chi connectivity index (χ0v) is 49.7. The van der Waals surface area contributed by atoms with E-state index in [0.717, 1.165) is 19.1 Å². The van der Waals surface area contributed by atoms with Crippen molar-refractivity contribution in [1.29, 1.82) is 0 Å². The molecule has 0 aliphatic carbocycles. The molecule has 2 heterocycles. The number of carboxylic acids is 7. The molecule has 0 spiro atoms. The minimum Gasteiger partial charge on any atom is -0.481 e. The number of alkyl carbamates (subject to hydrolysis) is 4. The minimum absolute atomic E-state index is 0.149. The minimum atomic E-state index is -1.47. The van der Waals surface area contributed by atoms with E-state index in [1.807, 2.05) is 10.6 Å². The SMILES string of the molecule is CC(=O)O.CC(C)(C)OC(=O)NC[C@@H](C(=O)O)N1C(=O)C=CC1=O.CC(C)(C)OC(=O)NC[C@H](N)C(=O)O.CC(C)(C)OC(=O)NC[C@H](NC(=O)/C=C\C(=O)O)C(=O)O.CC(C)(C)OC(=O)NC[C@H](NC(=O)/C=C\C(=O)O)C(=O)O.O=C1CCC(=O)O1. The molecule has 87 heavy (non-hydrogen) atoms. The van der Waals surface area contributed by atoms with Crippen LogP contribution in [0.25, 0.3) is 0 Å². The largest absolute Gasteiger partial charge is 0.481 e. The molecule has 15 N–H and O–H groups in total. The topological polar surface area (TPSA) is 579 Å². The molecule has 0 saturated carbocycles. The summed E-state index contributed by atoms with van der Waals surface area (Å²) in [5.74, 6) is -12.9. The zero-order chi connectivity index (χ0) is 69.0. The predicted octanol–water partition coefficient (Wildman–Crippen LogP) is -0.804. The highest BCUT2D eigenvalue weighted by Crippen LogP contribution is 2.12.